The molecular weight excluding hydrogens is 220 g/mol. The Bertz CT molecular complexity index is 547. The van der Waals surface area contributed by atoms with Crippen molar-refractivity contribution in [2.24, 2.45) is 11.5 Å². The normalized spacial score (nSPS) is 13.5. The average molecular weight is 232 g/mol. The molecule has 5 heteroatoms. The van der Waals surface area contributed by atoms with Gasteiger partial charge in [0.05, 0.1) is 18.2 Å². The zero-order valence-electron chi connectivity index (χ0n) is 9.32. The van der Waals surface area contributed by atoms with E-state index in [2.05, 4.69) is 4.74 Å². The number of fused-ring (bicyclic) bond motifs is 1. The number of amides is 1. The Morgan fingerprint density at radius 2 is 2.06 bits per heavy atom. The molecule has 0 bridgehead atoms. The van der Waals surface area contributed by atoms with E-state index in [0.717, 1.165) is 5.56 Å². The average Bonchev–Trinajstić information content (AvgIpc) is 2.62. The molecule has 88 valence electrons. The summed E-state index contributed by atoms with van der Waals surface area (Å²) in [6, 6.07) is 4.93. The number of rotatable bonds is 2. The topological polar surface area (TPSA) is 95.4 Å². The van der Waals surface area contributed by atoms with Crippen LogP contribution in [0.25, 0.3) is 5.57 Å². The summed E-state index contributed by atoms with van der Waals surface area (Å²) in [4.78, 5) is 22.6. The predicted octanol–water partition coefficient (Wildman–Crippen LogP) is 0.184. The third-order valence-electron chi connectivity index (χ3n) is 2.74. The minimum atomic E-state index is -0.549. The number of methoxy groups -OCH3 is 1. The Morgan fingerprint density at radius 3 is 2.65 bits per heavy atom. The highest BCUT2D eigenvalue weighted by Crippen LogP contribution is 2.30. The van der Waals surface area contributed by atoms with Crippen LogP contribution in [0.1, 0.15) is 21.5 Å². The van der Waals surface area contributed by atoms with Gasteiger partial charge in [-0.15, -0.1) is 0 Å². The maximum Gasteiger partial charge on any atom is 0.337 e. The zero-order chi connectivity index (χ0) is 12.6. The van der Waals surface area contributed by atoms with Crippen LogP contribution in [0.3, 0.4) is 0 Å². The van der Waals surface area contributed by atoms with Crippen LogP contribution in [0.2, 0.25) is 0 Å². The first kappa shape index (κ1) is 11.2. The summed E-state index contributed by atoms with van der Waals surface area (Å²) in [6.07, 6.45) is 0.429. The fourth-order valence-electron chi connectivity index (χ4n) is 1.99. The molecule has 0 heterocycles. The molecule has 0 radical (unpaired) electrons. The summed E-state index contributed by atoms with van der Waals surface area (Å²) in [5.41, 5.74) is 13.7. The summed E-state index contributed by atoms with van der Waals surface area (Å²) >= 11 is 0. The summed E-state index contributed by atoms with van der Waals surface area (Å²) in [6.45, 7) is 0. The summed E-state index contributed by atoms with van der Waals surface area (Å²) in [5.74, 6) is -0.967. The van der Waals surface area contributed by atoms with Crippen molar-refractivity contribution in [3.63, 3.8) is 0 Å². The Balaban J connectivity index is 2.46. The van der Waals surface area contributed by atoms with Crippen LogP contribution in [0.4, 0.5) is 0 Å². The second kappa shape index (κ2) is 3.93. The Morgan fingerprint density at radius 1 is 1.35 bits per heavy atom. The highest BCUT2D eigenvalue weighted by molar-refractivity contribution is 6.21. The molecule has 0 spiro atoms. The Kier molecular flexibility index (Phi) is 2.59. The molecular formula is C12H12N2O3. The SMILES string of the molecule is COC(=O)c1ccc2c(c1)CC(N)=C2C(N)=O. The van der Waals surface area contributed by atoms with Gasteiger partial charge in [0.15, 0.2) is 0 Å². The first-order valence-corrected chi connectivity index (χ1v) is 5.04. The molecule has 1 aliphatic carbocycles. The molecule has 0 atom stereocenters. The quantitative estimate of drug-likeness (QED) is 0.711. The number of carbonyl (C=O) groups excluding carboxylic acids is 2. The molecule has 0 aromatic heterocycles. The summed E-state index contributed by atoms with van der Waals surface area (Å²) in [5, 5.41) is 0. The molecule has 1 aromatic carbocycles. The van der Waals surface area contributed by atoms with Crippen molar-refractivity contribution in [2.45, 2.75) is 6.42 Å². The van der Waals surface area contributed by atoms with E-state index in [0.29, 0.717) is 28.8 Å². The summed E-state index contributed by atoms with van der Waals surface area (Å²) < 4.78 is 4.62. The number of hydrogen-bond donors (Lipinski definition) is 2. The van der Waals surface area contributed by atoms with Gasteiger partial charge >= 0.3 is 5.97 Å². The van der Waals surface area contributed by atoms with Crippen LogP contribution >= 0.6 is 0 Å². The number of ether oxygens (including phenoxy) is 1. The van der Waals surface area contributed by atoms with Crippen LogP contribution in [-0.2, 0) is 16.0 Å². The third-order valence-corrected chi connectivity index (χ3v) is 2.74. The smallest absolute Gasteiger partial charge is 0.337 e. The molecule has 1 amide bonds. The number of hydrogen-bond acceptors (Lipinski definition) is 4. The lowest BCUT2D eigenvalue weighted by molar-refractivity contribution is -0.112. The fourth-order valence-corrected chi connectivity index (χ4v) is 1.99. The van der Waals surface area contributed by atoms with Crippen molar-refractivity contribution in [1.29, 1.82) is 0 Å². The molecule has 5 nitrogen and oxygen atoms in total. The molecule has 4 N–H and O–H groups in total. The van der Waals surface area contributed by atoms with E-state index in [1.807, 2.05) is 0 Å². The van der Waals surface area contributed by atoms with Crippen molar-refractivity contribution in [3.8, 4) is 0 Å². The van der Waals surface area contributed by atoms with Crippen molar-refractivity contribution >= 4 is 17.4 Å². The molecule has 0 fully saturated rings. The minimum Gasteiger partial charge on any atom is -0.465 e. The van der Waals surface area contributed by atoms with Crippen molar-refractivity contribution in [1.82, 2.24) is 0 Å². The maximum absolute atomic E-state index is 11.4. The number of primary amides is 1. The highest BCUT2D eigenvalue weighted by Gasteiger charge is 2.24. The first-order valence-electron chi connectivity index (χ1n) is 5.04. The maximum atomic E-state index is 11.4. The van der Waals surface area contributed by atoms with E-state index in [4.69, 9.17) is 11.5 Å². The number of carbonyl (C=O) groups is 2. The van der Waals surface area contributed by atoms with Gasteiger partial charge in [-0.1, -0.05) is 6.07 Å². The number of benzene rings is 1. The second-order valence-electron chi connectivity index (χ2n) is 3.80. The molecule has 17 heavy (non-hydrogen) atoms. The molecule has 1 aromatic rings. The van der Waals surface area contributed by atoms with Gasteiger partial charge in [-0.3, -0.25) is 4.79 Å². The number of esters is 1. The number of nitrogens with two attached hydrogens (primary N) is 2. The second-order valence-corrected chi connectivity index (χ2v) is 3.80. The van der Waals surface area contributed by atoms with Gasteiger partial charge in [-0.05, 0) is 23.3 Å². The molecule has 0 unspecified atom stereocenters. The van der Waals surface area contributed by atoms with E-state index in [-0.39, 0.29) is 0 Å². The molecule has 0 saturated carbocycles. The lowest BCUT2D eigenvalue weighted by Crippen LogP contribution is -2.15. The molecule has 2 rings (SSSR count). The van der Waals surface area contributed by atoms with E-state index in [1.165, 1.54) is 7.11 Å². The van der Waals surface area contributed by atoms with Gasteiger partial charge in [-0.25, -0.2) is 4.79 Å². The van der Waals surface area contributed by atoms with Gasteiger partial charge in [0.2, 0.25) is 0 Å². The third kappa shape index (κ3) is 1.75. The van der Waals surface area contributed by atoms with Crippen LogP contribution in [-0.4, -0.2) is 19.0 Å². The van der Waals surface area contributed by atoms with Crippen molar-refractivity contribution in [2.75, 3.05) is 7.11 Å². The van der Waals surface area contributed by atoms with Crippen LogP contribution in [0.5, 0.6) is 0 Å². The van der Waals surface area contributed by atoms with Crippen LogP contribution < -0.4 is 11.5 Å². The van der Waals surface area contributed by atoms with Gasteiger partial charge in [-0.2, -0.15) is 0 Å². The fraction of sp³-hybridized carbons (Fsp3) is 0.167. The van der Waals surface area contributed by atoms with Gasteiger partial charge < -0.3 is 16.2 Å². The van der Waals surface area contributed by atoms with Gasteiger partial charge in [0.25, 0.3) is 5.91 Å². The Hall–Kier alpha value is -2.30. The highest BCUT2D eigenvalue weighted by atomic mass is 16.5. The molecule has 0 aliphatic heterocycles. The van der Waals surface area contributed by atoms with Crippen LogP contribution in [0, 0.1) is 0 Å². The first-order chi connectivity index (χ1) is 8.04. The van der Waals surface area contributed by atoms with E-state index in [1.54, 1.807) is 18.2 Å². The molecule has 0 saturated heterocycles. The van der Waals surface area contributed by atoms with E-state index in [9.17, 15) is 9.59 Å². The molecule has 1 aliphatic rings. The van der Waals surface area contributed by atoms with Crippen LogP contribution in [0.15, 0.2) is 23.9 Å². The lowest BCUT2D eigenvalue weighted by Gasteiger charge is -2.04. The van der Waals surface area contributed by atoms with E-state index < -0.39 is 11.9 Å². The standard InChI is InChI=1S/C12H12N2O3/c1-17-12(16)6-2-3-8-7(4-6)5-9(13)10(8)11(14)15/h2-4H,5,13H2,1H3,(H2,14,15). The van der Waals surface area contributed by atoms with E-state index >= 15 is 0 Å². The van der Waals surface area contributed by atoms with Gasteiger partial charge in [0, 0.05) is 12.1 Å². The Labute approximate surface area is 98.0 Å². The van der Waals surface area contributed by atoms with Crippen molar-refractivity contribution in [3.05, 3.63) is 40.6 Å². The zero-order valence-corrected chi connectivity index (χ0v) is 9.32. The van der Waals surface area contributed by atoms with Crippen molar-refractivity contribution < 1.29 is 14.3 Å². The summed E-state index contributed by atoms with van der Waals surface area (Å²) in [7, 11) is 1.32. The lowest BCUT2D eigenvalue weighted by atomic mass is 10.0. The largest absolute Gasteiger partial charge is 0.465 e. The number of allylic oxidation sites excluding steroid dienone is 1. The minimum absolute atomic E-state index is 0.344. The predicted molar refractivity (Wildman–Crippen MR) is 61.8 cm³/mol. The monoisotopic (exact) mass is 232 g/mol. The van der Waals surface area contributed by atoms with Gasteiger partial charge in [0.1, 0.15) is 0 Å².